The lowest BCUT2D eigenvalue weighted by Crippen LogP contribution is -2.05. The fourth-order valence-electron chi connectivity index (χ4n) is 5.67. The molecular weight excluding hydrogens is 726 g/mol. The molecule has 0 spiro atoms. The Balaban J connectivity index is 0.000000211. The van der Waals surface area contributed by atoms with Crippen LogP contribution in [-0.2, 0) is 29.9 Å². The highest BCUT2D eigenvalue weighted by Crippen LogP contribution is 2.33. The van der Waals surface area contributed by atoms with Gasteiger partial charge in [0.05, 0.1) is 29.4 Å². The number of hydrogen-bond donors (Lipinski definition) is 3. The van der Waals surface area contributed by atoms with Gasteiger partial charge in [0, 0.05) is 12.4 Å². The molecule has 2 heterocycles. The molecule has 0 atom stereocenters. The van der Waals surface area contributed by atoms with Crippen LogP contribution < -0.4 is 11.5 Å². The third-order valence-corrected chi connectivity index (χ3v) is 8.42. The van der Waals surface area contributed by atoms with E-state index < -0.39 is 35.4 Å². The van der Waals surface area contributed by atoms with Crippen LogP contribution in [-0.4, -0.2) is 34.1 Å². The molecule has 8 nitrogen and oxygen atoms in total. The first-order valence-corrected chi connectivity index (χ1v) is 16.4. The highest BCUT2D eigenvalue weighted by Gasteiger charge is 2.31. The number of aromatic nitrogens is 2. The van der Waals surface area contributed by atoms with Gasteiger partial charge in [0.15, 0.2) is 0 Å². The first kappa shape index (κ1) is 39.5. The smallest absolute Gasteiger partial charge is 0.416 e. The topological polar surface area (TPSA) is 141 Å². The number of halogens is 6. The molecule has 0 aliphatic carbocycles. The number of carboxylic acid groups (broad SMARTS) is 1. The van der Waals surface area contributed by atoms with Gasteiger partial charge in [-0.25, -0.2) is 19.6 Å². The van der Waals surface area contributed by atoms with Gasteiger partial charge >= 0.3 is 24.3 Å². The summed E-state index contributed by atoms with van der Waals surface area (Å²) >= 11 is 0. The number of nitrogens with two attached hydrogens (primary N) is 2. The van der Waals surface area contributed by atoms with Crippen molar-refractivity contribution >= 4 is 23.6 Å². The maximum Gasteiger partial charge on any atom is 0.416 e. The predicted octanol–water partition coefficient (Wildman–Crippen LogP) is 9.37. The zero-order valence-electron chi connectivity index (χ0n) is 29.0. The Hall–Kier alpha value is -6.70. The van der Waals surface area contributed by atoms with Crippen molar-refractivity contribution in [3.63, 3.8) is 0 Å². The molecule has 14 heteroatoms. The molecule has 4 aromatic carbocycles. The van der Waals surface area contributed by atoms with Crippen LogP contribution >= 0.6 is 0 Å². The number of ether oxygens (including phenoxy) is 1. The molecule has 0 aliphatic heterocycles. The average molecular weight is 759 g/mol. The van der Waals surface area contributed by atoms with Crippen molar-refractivity contribution in [3.8, 4) is 22.3 Å². The lowest BCUT2D eigenvalue weighted by molar-refractivity contribution is -0.138. The molecule has 5 N–H and O–H groups in total. The van der Waals surface area contributed by atoms with E-state index in [0.29, 0.717) is 46.5 Å². The number of carboxylic acids is 1. The second kappa shape index (κ2) is 16.5. The van der Waals surface area contributed by atoms with Crippen molar-refractivity contribution in [1.29, 1.82) is 0 Å². The van der Waals surface area contributed by atoms with Gasteiger partial charge in [-0.05, 0) is 130 Å². The van der Waals surface area contributed by atoms with Crippen molar-refractivity contribution in [2.75, 3.05) is 18.6 Å². The molecule has 0 saturated heterocycles. The van der Waals surface area contributed by atoms with E-state index in [1.54, 1.807) is 54.7 Å². The zero-order valence-corrected chi connectivity index (χ0v) is 29.0. The summed E-state index contributed by atoms with van der Waals surface area (Å²) in [6.45, 7) is 0. The van der Waals surface area contributed by atoms with E-state index in [-0.39, 0.29) is 11.4 Å². The van der Waals surface area contributed by atoms with Gasteiger partial charge in [0.1, 0.15) is 11.6 Å². The Morgan fingerprint density at radius 2 is 1.00 bits per heavy atom. The van der Waals surface area contributed by atoms with E-state index in [4.69, 9.17) is 16.2 Å². The molecule has 6 rings (SSSR count). The van der Waals surface area contributed by atoms with Crippen LogP contribution in [0.5, 0.6) is 0 Å². The molecule has 0 bridgehead atoms. The van der Waals surface area contributed by atoms with Gasteiger partial charge in [-0.1, -0.05) is 36.4 Å². The Bertz CT molecular complexity index is 2310. The Kier molecular flexibility index (Phi) is 11.9. The molecule has 0 fully saturated rings. The highest BCUT2D eigenvalue weighted by molar-refractivity contribution is 5.92. The summed E-state index contributed by atoms with van der Waals surface area (Å²) in [5, 5.41) is 9.25. The molecule has 0 saturated carbocycles. The van der Waals surface area contributed by atoms with Crippen LogP contribution in [0, 0.1) is 0 Å². The van der Waals surface area contributed by atoms with Gasteiger partial charge < -0.3 is 21.3 Å². The van der Waals surface area contributed by atoms with Crippen molar-refractivity contribution in [3.05, 3.63) is 166 Å². The number of hydrogen-bond acceptors (Lipinski definition) is 7. The summed E-state index contributed by atoms with van der Waals surface area (Å²) < 4.78 is 81.2. The minimum absolute atomic E-state index is 0.108. The van der Waals surface area contributed by atoms with Gasteiger partial charge in [0.25, 0.3) is 0 Å². The van der Waals surface area contributed by atoms with Crippen LogP contribution in [0.3, 0.4) is 0 Å². The summed E-state index contributed by atoms with van der Waals surface area (Å²) in [5.74, 6) is -0.945. The monoisotopic (exact) mass is 758 g/mol. The quantitative estimate of drug-likeness (QED) is 0.103. The van der Waals surface area contributed by atoms with Crippen molar-refractivity contribution < 1.29 is 45.8 Å². The van der Waals surface area contributed by atoms with Crippen molar-refractivity contribution in [2.24, 2.45) is 0 Å². The molecule has 282 valence electrons. The lowest BCUT2D eigenvalue weighted by Gasteiger charge is -2.13. The third kappa shape index (κ3) is 10.3. The number of methoxy groups -OCH3 is 1. The van der Waals surface area contributed by atoms with E-state index >= 15 is 0 Å². The zero-order chi connectivity index (χ0) is 39.9. The first-order chi connectivity index (χ1) is 26.0. The summed E-state index contributed by atoms with van der Waals surface area (Å²) in [4.78, 5) is 31.1. The number of rotatable bonds is 8. The fourth-order valence-corrected chi connectivity index (χ4v) is 5.67. The fraction of sp³-hybridized carbons (Fsp3) is 0.122. The molecular formula is C41H32F6N4O4. The number of carbonyl (C=O) groups is 2. The number of nitrogen functional groups attached to an aromatic ring is 2. The maximum absolute atomic E-state index is 12.8. The molecule has 2 aromatic heterocycles. The molecule has 0 aliphatic rings. The second-order valence-electron chi connectivity index (χ2n) is 12.2. The van der Waals surface area contributed by atoms with Crippen LogP contribution in [0.2, 0.25) is 0 Å². The molecule has 0 unspecified atom stereocenters. The van der Waals surface area contributed by atoms with Crippen molar-refractivity contribution in [2.45, 2.75) is 25.2 Å². The number of nitrogens with zero attached hydrogens (tertiary/aromatic N) is 2. The van der Waals surface area contributed by atoms with Crippen molar-refractivity contribution in [1.82, 2.24) is 9.97 Å². The number of esters is 1. The van der Waals surface area contributed by atoms with E-state index in [2.05, 4.69) is 9.97 Å². The number of carbonyl (C=O) groups excluding carboxylic acids is 1. The molecule has 55 heavy (non-hydrogen) atoms. The standard InChI is InChI=1S/C21H17F3N2O2.C20H15F3N2O2/c1-28-20(27)16-5-4-14(18(11-16)15-8-9-26-19(25)12-15)10-13-2-6-17(7-3-13)21(22,23)24;21-20(22,23)16-5-1-12(2-6-16)9-13-3-4-15(19(26)27)10-17(13)14-7-8-25-18(24)11-14/h2-9,11-12H,10H2,1H3,(H2,25,26);1-8,10-11H,9H2,(H2,24,25)(H,26,27). The van der Waals surface area contributed by atoms with Gasteiger partial charge in [-0.15, -0.1) is 0 Å². The number of pyridine rings is 2. The number of benzene rings is 4. The highest BCUT2D eigenvalue weighted by atomic mass is 19.4. The van der Waals surface area contributed by atoms with E-state index in [1.165, 1.54) is 49.7 Å². The molecule has 0 radical (unpaired) electrons. The normalized spacial score (nSPS) is 11.3. The van der Waals surface area contributed by atoms with Gasteiger partial charge in [-0.2, -0.15) is 26.3 Å². The van der Waals surface area contributed by atoms with Crippen LogP contribution in [0.15, 0.2) is 122 Å². The maximum atomic E-state index is 12.8. The minimum atomic E-state index is -4.39. The Morgan fingerprint density at radius 3 is 1.36 bits per heavy atom. The Labute approximate surface area is 311 Å². The summed E-state index contributed by atoms with van der Waals surface area (Å²) in [6, 6.07) is 26.4. The lowest BCUT2D eigenvalue weighted by atomic mass is 9.93. The van der Waals surface area contributed by atoms with E-state index in [1.807, 2.05) is 0 Å². The number of alkyl halides is 6. The predicted molar refractivity (Wildman–Crippen MR) is 195 cm³/mol. The van der Waals surface area contributed by atoms with E-state index in [0.717, 1.165) is 46.5 Å². The van der Waals surface area contributed by atoms with Crippen LogP contribution in [0.25, 0.3) is 22.3 Å². The SMILES string of the molecule is COC(=O)c1ccc(Cc2ccc(C(F)(F)F)cc2)c(-c2ccnc(N)c2)c1.Nc1cc(-c2cc(C(=O)O)ccc2Cc2ccc(C(F)(F)F)cc2)ccn1. The van der Waals surface area contributed by atoms with Crippen LogP contribution in [0.4, 0.5) is 38.0 Å². The summed E-state index contributed by atoms with van der Waals surface area (Å²) in [6.07, 6.45) is -4.97. The molecule has 0 amide bonds. The largest absolute Gasteiger partial charge is 0.478 e. The Morgan fingerprint density at radius 1 is 0.600 bits per heavy atom. The summed E-state index contributed by atoms with van der Waals surface area (Å²) in [7, 11) is 1.29. The first-order valence-electron chi connectivity index (χ1n) is 16.4. The molecule has 6 aromatic rings. The van der Waals surface area contributed by atoms with Gasteiger partial charge in [0.2, 0.25) is 0 Å². The third-order valence-electron chi connectivity index (χ3n) is 8.42. The average Bonchev–Trinajstić information content (AvgIpc) is 3.14. The van der Waals surface area contributed by atoms with Gasteiger partial charge in [-0.3, -0.25) is 0 Å². The van der Waals surface area contributed by atoms with Crippen LogP contribution in [0.1, 0.15) is 54.1 Å². The van der Waals surface area contributed by atoms with E-state index in [9.17, 15) is 41.0 Å². The summed E-state index contributed by atoms with van der Waals surface area (Å²) in [5.41, 5.74) is 16.4. The minimum Gasteiger partial charge on any atom is -0.478 e. The number of anilines is 2. The number of aromatic carboxylic acids is 1. The second-order valence-corrected chi connectivity index (χ2v) is 12.2.